The molecule has 0 unspecified atom stereocenters. The summed E-state index contributed by atoms with van der Waals surface area (Å²) >= 11 is 0. The molecule has 0 aromatic heterocycles. The maximum Gasteiger partial charge on any atom is -0.00186 e. The molecule has 0 nitrogen and oxygen atoms in total. The van der Waals surface area contributed by atoms with Gasteiger partial charge in [-0.15, -0.1) is 0 Å². The number of rotatable bonds is 3. The molecule has 0 aliphatic rings. The van der Waals surface area contributed by atoms with Crippen molar-refractivity contribution in [2.75, 3.05) is 6.26 Å². The van der Waals surface area contributed by atoms with Gasteiger partial charge in [-0.1, -0.05) is 54.1 Å². The van der Waals surface area contributed by atoms with Crippen LogP contribution in [0.1, 0.15) is 5.56 Å². The molecule has 106 valence electrons. The molecule has 3 aromatic carbocycles. The van der Waals surface area contributed by atoms with Gasteiger partial charge in [-0.05, 0) is 64.3 Å². The van der Waals surface area contributed by atoms with Gasteiger partial charge in [0.05, 0.1) is 0 Å². The van der Waals surface area contributed by atoms with Gasteiger partial charge >= 0.3 is 0 Å². The predicted molar refractivity (Wildman–Crippen MR) is 92.4 cm³/mol. The first-order valence-electron chi connectivity index (χ1n) is 7.16. The van der Waals surface area contributed by atoms with Crippen LogP contribution in [0.2, 0.25) is 0 Å². The summed E-state index contributed by atoms with van der Waals surface area (Å²) in [7, 11) is -1.20. The van der Waals surface area contributed by atoms with Crippen LogP contribution in [0, 0.1) is 6.92 Å². The van der Waals surface area contributed by atoms with Crippen molar-refractivity contribution in [3.63, 3.8) is 0 Å². The van der Waals surface area contributed by atoms with E-state index in [1.54, 1.807) is 0 Å². The third-order valence-electron chi connectivity index (χ3n) is 3.89. The van der Waals surface area contributed by atoms with Crippen molar-refractivity contribution in [1.29, 1.82) is 0 Å². The minimum Gasteiger partial charge on any atom is -0.163 e. The smallest absolute Gasteiger partial charge is 0.00186 e. The molecule has 1 heteroatoms. The number of aryl methyl sites for hydroxylation is 1. The molecule has 0 aliphatic carbocycles. The lowest BCUT2D eigenvalue weighted by Crippen LogP contribution is -2.01. The lowest BCUT2D eigenvalue weighted by atomic mass is 10.2. The highest BCUT2D eigenvalue weighted by molar-refractivity contribution is 8.33. The molecular weight excluding hydrogens is 272 g/mol. The minimum atomic E-state index is -1.20. The van der Waals surface area contributed by atoms with Crippen LogP contribution in [0.5, 0.6) is 0 Å². The van der Waals surface area contributed by atoms with Gasteiger partial charge in [-0.2, -0.15) is 10.0 Å². The van der Waals surface area contributed by atoms with Crippen molar-refractivity contribution in [2.45, 2.75) is 21.6 Å². The van der Waals surface area contributed by atoms with Crippen molar-refractivity contribution in [1.82, 2.24) is 0 Å². The van der Waals surface area contributed by atoms with Crippen LogP contribution in [-0.2, 0) is 0 Å². The Balaban J connectivity index is 2.25. The first-order valence-corrected chi connectivity index (χ1v) is 9.20. The Kier molecular flexibility index (Phi) is 3.85. The van der Waals surface area contributed by atoms with Gasteiger partial charge < -0.3 is 0 Å². The molecule has 0 saturated heterocycles. The SMILES string of the molecule is Cc1cccc(S(C)(c2ccccc2)c2ccccc2)c1. The number of hydrogen-bond acceptors (Lipinski definition) is 0. The zero-order chi connectivity index (χ0) is 14.7. The minimum absolute atomic E-state index is 1.20. The zero-order valence-electron chi connectivity index (χ0n) is 12.5. The van der Waals surface area contributed by atoms with Gasteiger partial charge in [0.1, 0.15) is 0 Å². The van der Waals surface area contributed by atoms with Crippen LogP contribution in [0.3, 0.4) is 0 Å². The second kappa shape index (κ2) is 5.79. The highest BCUT2D eigenvalue weighted by Crippen LogP contribution is 2.65. The summed E-state index contributed by atoms with van der Waals surface area (Å²) in [6, 6.07) is 30.7. The zero-order valence-corrected chi connectivity index (χ0v) is 13.3. The van der Waals surface area contributed by atoms with E-state index in [2.05, 4.69) is 98.1 Å². The Labute approximate surface area is 128 Å². The van der Waals surface area contributed by atoms with E-state index < -0.39 is 10.0 Å². The fourth-order valence-corrected chi connectivity index (χ4v) is 5.65. The van der Waals surface area contributed by atoms with Crippen LogP contribution >= 0.6 is 10.0 Å². The summed E-state index contributed by atoms with van der Waals surface area (Å²) in [5.74, 6) is 0. The maximum absolute atomic E-state index is 2.40. The standard InChI is InChI=1S/C20H20S/c1-17-10-9-15-20(16-17)21(2,18-11-5-3-6-12-18)19-13-7-4-8-14-19/h3-16H,1-2H3. The van der Waals surface area contributed by atoms with Crippen molar-refractivity contribution in [3.05, 3.63) is 90.5 Å². The van der Waals surface area contributed by atoms with Crippen LogP contribution in [-0.4, -0.2) is 6.26 Å². The second-order valence-electron chi connectivity index (χ2n) is 5.36. The van der Waals surface area contributed by atoms with E-state index in [1.165, 1.54) is 20.2 Å². The Hall–Kier alpha value is -1.99. The van der Waals surface area contributed by atoms with Gasteiger partial charge in [-0.25, -0.2) is 0 Å². The lowest BCUT2D eigenvalue weighted by Gasteiger charge is -2.37. The molecule has 0 aliphatic heterocycles. The Bertz CT molecular complexity index is 678. The quantitative estimate of drug-likeness (QED) is 0.563. The van der Waals surface area contributed by atoms with E-state index in [-0.39, 0.29) is 0 Å². The first kappa shape index (κ1) is 14.0. The van der Waals surface area contributed by atoms with E-state index in [9.17, 15) is 0 Å². The Morgan fingerprint density at radius 2 is 1.05 bits per heavy atom. The second-order valence-corrected chi connectivity index (χ2v) is 8.61. The fraction of sp³-hybridized carbons (Fsp3) is 0.100. The highest BCUT2D eigenvalue weighted by Gasteiger charge is 2.25. The molecular formula is C20H20S. The molecule has 3 aromatic rings. The van der Waals surface area contributed by atoms with Crippen LogP contribution < -0.4 is 0 Å². The third kappa shape index (κ3) is 2.62. The molecule has 0 heterocycles. The Morgan fingerprint density at radius 3 is 1.52 bits per heavy atom. The molecule has 0 N–H and O–H groups in total. The molecule has 0 radical (unpaired) electrons. The van der Waals surface area contributed by atoms with Gasteiger partial charge in [0.2, 0.25) is 0 Å². The van der Waals surface area contributed by atoms with Gasteiger partial charge in [-0.3, -0.25) is 0 Å². The normalized spacial score (nSPS) is 12.1. The van der Waals surface area contributed by atoms with Crippen molar-refractivity contribution < 1.29 is 0 Å². The lowest BCUT2D eigenvalue weighted by molar-refractivity contribution is 1.27. The van der Waals surface area contributed by atoms with Crippen molar-refractivity contribution >= 4 is 10.0 Å². The largest absolute Gasteiger partial charge is 0.163 e. The maximum atomic E-state index is 2.40. The fourth-order valence-electron chi connectivity index (χ4n) is 2.66. The van der Waals surface area contributed by atoms with Crippen LogP contribution in [0.25, 0.3) is 0 Å². The van der Waals surface area contributed by atoms with Crippen molar-refractivity contribution in [3.8, 4) is 0 Å². The molecule has 21 heavy (non-hydrogen) atoms. The van der Waals surface area contributed by atoms with Crippen LogP contribution in [0.15, 0.2) is 99.6 Å². The first-order chi connectivity index (χ1) is 10.2. The van der Waals surface area contributed by atoms with E-state index >= 15 is 0 Å². The van der Waals surface area contributed by atoms with E-state index in [0.29, 0.717) is 0 Å². The van der Waals surface area contributed by atoms with Gasteiger partial charge in [0, 0.05) is 0 Å². The summed E-state index contributed by atoms with van der Waals surface area (Å²) < 4.78 is 0. The summed E-state index contributed by atoms with van der Waals surface area (Å²) in [5.41, 5.74) is 1.32. The number of hydrogen-bond donors (Lipinski definition) is 0. The molecule has 0 bridgehead atoms. The van der Waals surface area contributed by atoms with E-state index in [4.69, 9.17) is 0 Å². The molecule has 0 saturated carbocycles. The topological polar surface area (TPSA) is 0 Å². The molecule has 0 atom stereocenters. The molecule has 0 amide bonds. The van der Waals surface area contributed by atoms with E-state index in [0.717, 1.165) is 0 Å². The van der Waals surface area contributed by atoms with Gasteiger partial charge in [0.25, 0.3) is 0 Å². The van der Waals surface area contributed by atoms with Gasteiger partial charge in [0.15, 0.2) is 0 Å². The molecule has 3 rings (SSSR count). The number of benzene rings is 3. The average Bonchev–Trinajstić information content (AvgIpc) is 2.56. The molecule has 0 spiro atoms. The third-order valence-corrected chi connectivity index (χ3v) is 7.52. The summed E-state index contributed by atoms with van der Waals surface area (Å²) in [4.78, 5) is 4.23. The van der Waals surface area contributed by atoms with Crippen molar-refractivity contribution in [2.24, 2.45) is 0 Å². The van der Waals surface area contributed by atoms with E-state index in [1.807, 2.05) is 0 Å². The summed E-state index contributed by atoms with van der Waals surface area (Å²) in [6.07, 6.45) is 2.40. The van der Waals surface area contributed by atoms with Crippen LogP contribution in [0.4, 0.5) is 0 Å². The predicted octanol–water partition coefficient (Wildman–Crippen LogP) is 5.91. The average molecular weight is 292 g/mol. The summed E-state index contributed by atoms with van der Waals surface area (Å²) in [5, 5.41) is 0. The monoisotopic (exact) mass is 292 g/mol. The Morgan fingerprint density at radius 1 is 0.571 bits per heavy atom. The molecule has 0 fully saturated rings. The summed E-state index contributed by atoms with van der Waals surface area (Å²) in [6.45, 7) is 2.17. The highest BCUT2D eigenvalue weighted by atomic mass is 32.3.